The molecule has 0 saturated heterocycles. The molecular weight excluding hydrogens is 401 g/mol. The van der Waals surface area contributed by atoms with Crippen molar-refractivity contribution in [1.29, 1.82) is 0 Å². The average molecular weight is 430 g/mol. The number of pyridine rings is 1. The Bertz CT molecular complexity index is 1140. The lowest BCUT2D eigenvalue weighted by Gasteiger charge is -2.16. The molecule has 3 aromatic rings. The van der Waals surface area contributed by atoms with E-state index in [1.807, 2.05) is 26.0 Å². The maximum Gasteiger partial charge on any atom is 0.263 e. The third kappa shape index (κ3) is 4.60. The largest absolute Gasteiger partial charge is 0.496 e. The molecule has 0 unspecified atom stereocenters. The number of ether oxygens (including phenoxy) is 2. The minimum Gasteiger partial charge on any atom is -0.496 e. The highest BCUT2D eigenvalue weighted by molar-refractivity contribution is 6.76. The fraction of sp³-hybridized carbons (Fsp3) is 0.409. The van der Waals surface area contributed by atoms with E-state index < -0.39 is 14.0 Å². The normalized spacial score (nSPS) is 11.8. The van der Waals surface area contributed by atoms with E-state index in [1.165, 1.54) is 10.9 Å². The lowest BCUT2D eigenvalue weighted by molar-refractivity contribution is 0.0844. The Hall–Kier alpha value is -2.58. The number of methoxy groups -OCH3 is 1. The van der Waals surface area contributed by atoms with Crippen LogP contribution in [0.15, 0.2) is 29.3 Å². The molecule has 8 heteroatoms. The quantitative estimate of drug-likeness (QED) is 0.313. The first-order valence-electron chi connectivity index (χ1n) is 9.90. The Labute approximate surface area is 176 Å². The van der Waals surface area contributed by atoms with Crippen molar-refractivity contribution in [3.8, 4) is 17.0 Å². The van der Waals surface area contributed by atoms with Crippen LogP contribution in [0.25, 0.3) is 22.2 Å². The van der Waals surface area contributed by atoms with Crippen molar-refractivity contribution in [1.82, 2.24) is 14.5 Å². The van der Waals surface area contributed by atoms with Crippen LogP contribution in [0.5, 0.6) is 5.75 Å². The Kier molecular flexibility index (Phi) is 6.38. The van der Waals surface area contributed by atoms with Gasteiger partial charge in [-0.15, -0.1) is 0 Å². The van der Waals surface area contributed by atoms with E-state index in [-0.39, 0.29) is 17.7 Å². The minimum absolute atomic E-state index is 0.0861. The number of rotatable bonds is 7. The Balaban J connectivity index is 2.06. The summed E-state index contributed by atoms with van der Waals surface area (Å²) in [4.78, 5) is 21.5. The number of fused-ring (bicyclic) bond motifs is 1. The molecule has 3 rings (SSSR count). The maximum atomic E-state index is 14.4. The fourth-order valence-corrected chi connectivity index (χ4v) is 4.11. The van der Waals surface area contributed by atoms with Crippen molar-refractivity contribution in [3.05, 3.63) is 52.0 Å². The molecule has 30 heavy (non-hydrogen) atoms. The summed E-state index contributed by atoms with van der Waals surface area (Å²) in [6.07, 6.45) is 1.44. The smallest absolute Gasteiger partial charge is 0.263 e. The Morgan fingerprint density at radius 1 is 1.20 bits per heavy atom. The van der Waals surface area contributed by atoms with Gasteiger partial charge in [-0.1, -0.05) is 25.7 Å². The molecule has 0 spiro atoms. The molecule has 0 atom stereocenters. The van der Waals surface area contributed by atoms with Gasteiger partial charge >= 0.3 is 0 Å². The number of nitrogens with zero attached hydrogens (tertiary/aromatic N) is 3. The topological polar surface area (TPSA) is 66.2 Å². The van der Waals surface area contributed by atoms with Gasteiger partial charge in [0.25, 0.3) is 5.56 Å². The SMILES string of the molecule is COc1ccc(C)c(-c2nc(F)cc3c(=O)n(COCC[Si](C)(C)C)cnc23)c1C. The maximum absolute atomic E-state index is 14.4. The Morgan fingerprint density at radius 3 is 2.60 bits per heavy atom. The van der Waals surface area contributed by atoms with Crippen LogP contribution in [0.4, 0.5) is 4.39 Å². The highest BCUT2D eigenvalue weighted by Gasteiger charge is 2.19. The molecule has 0 bridgehead atoms. The summed E-state index contributed by atoms with van der Waals surface area (Å²) >= 11 is 0. The van der Waals surface area contributed by atoms with Crippen LogP contribution in [-0.2, 0) is 11.5 Å². The number of benzene rings is 1. The molecule has 6 nitrogen and oxygen atoms in total. The second-order valence-electron chi connectivity index (χ2n) is 8.64. The van der Waals surface area contributed by atoms with Gasteiger partial charge in [-0.25, -0.2) is 9.97 Å². The highest BCUT2D eigenvalue weighted by atomic mass is 28.3. The number of aromatic nitrogens is 3. The summed E-state index contributed by atoms with van der Waals surface area (Å²) < 4.78 is 26.9. The van der Waals surface area contributed by atoms with Gasteiger partial charge in [-0.2, -0.15) is 4.39 Å². The first kappa shape index (κ1) is 22.1. The molecule has 1 aromatic carbocycles. The van der Waals surface area contributed by atoms with Crippen molar-refractivity contribution >= 4 is 19.0 Å². The Morgan fingerprint density at radius 2 is 1.93 bits per heavy atom. The lowest BCUT2D eigenvalue weighted by Crippen LogP contribution is -2.25. The summed E-state index contributed by atoms with van der Waals surface area (Å²) in [6.45, 7) is 11.3. The predicted octanol–water partition coefficient (Wildman–Crippen LogP) is 4.54. The summed E-state index contributed by atoms with van der Waals surface area (Å²) in [5, 5.41) is 0.176. The molecule has 0 radical (unpaired) electrons. The number of hydrogen-bond acceptors (Lipinski definition) is 5. The molecule has 0 aliphatic heterocycles. The second kappa shape index (κ2) is 8.65. The van der Waals surface area contributed by atoms with Gasteiger partial charge in [0.15, 0.2) is 0 Å². The zero-order valence-corrected chi connectivity index (χ0v) is 19.4. The number of aryl methyl sites for hydroxylation is 1. The third-order valence-electron chi connectivity index (χ3n) is 5.09. The molecule has 0 N–H and O–H groups in total. The van der Waals surface area contributed by atoms with Gasteiger partial charge in [-0.05, 0) is 31.5 Å². The van der Waals surface area contributed by atoms with E-state index in [2.05, 4.69) is 29.6 Å². The van der Waals surface area contributed by atoms with Gasteiger partial charge < -0.3 is 9.47 Å². The monoisotopic (exact) mass is 429 g/mol. The molecule has 0 saturated carbocycles. The van der Waals surface area contributed by atoms with E-state index >= 15 is 0 Å². The molecule has 0 amide bonds. The minimum atomic E-state index is -1.22. The second-order valence-corrected chi connectivity index (χ2v) is 14.3. The van der Waals surface area contributed by atoms with Crippen molar-refractivity contribution in [2.75, 3.05) is 13.7 Å². The van der Waals surface area contributed by atoms with Crippen LogP contribution < -0.4 is 10.3 Å². The standard InChI is InChI=1S/C22H28FN3O3Si/c1-14-7-8-17(28-3)15(2)19(14)21-20-16(11-18(23)25-21)22(27)26(12-24-20)13-29-9-10-30(4,5)6/h7-8,11-12H,9-10,13H2,1-6H3. The third-order valence-corrected chi connectivity index (χ3v) is 6.79. The average Bonchev–Trinajstić information content (AvgIpc) is 2.66. The fourth-order valence-electron chi connectivity index (χ4n) is 3.36. The summed E-state index contributed by atoms with van der Waals surface area (Å²) in [5.41, 5.74) is 2.77. The molecular formula is C22H28FN3O3Si. The van der Waals surface area contributed by atoms with E-state index in [1.54, 1.807) is 7.11 Å². The van der Waals surface area contributed by atoms with Gasteiger partial charge in [0.2, 0.25) is 5.95 Å². The van der Waals surface area contributed by atoms with E-state index in [9.17, 15) is 9.18 Å². The van der Waals surface area contributed by atoms with Crippen molar-refractivity contribution in [2.24, 2.45) is 0 Å². The van der Waals surface area contributed by atoms with Crippen LogP contribution in [0, 0.1) is 19.8 Å². The summed E-state index contributed by atoms with van der Waals surface area (Å²) in [6, 6.07) is 5.87. The van der Waals surface area contributed by atoms with Gasteiger partial charge in [0, 0.05) is 31.9 Å². The van der Waals surface area contributed by atoms with Gasteiger partial charge in [0.05, 0.1) is 12.5 Å². The van der Waals surface area contributed by atoms with Crippen LogP contribution in [0.1, 0.15) is 11.1 Å². The van der Waals surface area contributed by atoms with Crippen molar-refractivity contribution < 1.29 is 13.9 Å². The molecule has 160 valence electrons. The van der Waals surface area contributed by atoms with E-state index in [0.717, 1.165) is 28.8 Å². The predicted molar refractivity (Wildman–Crippen MR) is 119 cm³/mol. The van der Waals surface area contributed by atoms with Crippen LogP contribution in [0.3, 0.4) is 0 Å². The number of halogens is 1. The van der Waals surface area contributed by atoms with Crippen LogP contribution in [0.2, 0.25) is 25.7 Å². The van der Waals surface area contributed by atoms with Crippen LogP contribution >= 0.6 is 0 Å². The summed E-state index contributed by atoms with van der Waals surface area (Å²) in [7, 11) is 0.361. The molecule has 2 heterocycles. The van der Waals surface area contributed by atoms with E-state index in [4.69, 9.17) is 9.47 Å². The van der Waals surface area contributed by atoms with Gasteiger partial charge in [-0.3, -0.25) is 9.36 Å². The first-order valence-corrected chi connectivity index (χ1v) is 13.6. The molecule has 0 aliphatic rings. The van der Waals surface area contributed by atoms with Crippen molar-refractivity contribution in [2.45, 2.75) is 46.3 Å². The van der Waals surface area contributed by atoms with Crippen molar-refractivity contribution in [3.63, 3.8) is 0 Å². The highest BCUT2D eigenvalue weighted by Crippen LogP contribution is 2.34. The molecule has 0 fully saturated rings. The molecule has 2 aromatic heterocycles. The zero-order chi connectivity index (χ0) is 22.1. The summed E-state index contributed by atoms with van der Waals surface area (Å²) in [5.74, 6) is -0.0608. The number of hydrogen-bond donors (Lipinski definition) is 0. The lowest BCUT2D eigenvalue weighted by atomic mass is 9.97. The van der Waals surface area contributed by atoms with Gasteiger partial charge in [0.1, 0.15) is 30.0 Å². The first-order chi connectivity index (χ1) is 14.1. The molecule has 0 aliphatic carbocycles. The van der Waals surface area contributed by atoms with Crippen LogP contribution in [-0.4, -0.2) is 36.3 Å². The zero-order valence-electron chi connectivity index (χ0n) is 18.4. The van der Waals surface area contributed by atoms with E-state index in [0.29, 0.717) is 23.6 Å².